The molecule has 1 heterocycles. The van der Waals surface area contributed by atoms with Crippen molar-refractivity contribution < 1.29 is 65.1 Å². The van der Waals surface area contributed by atoms with Crippen LogP contribution in [0.1, 0.15) is 59.4 Å². The van der Waals surface area contributed by atoms with Gasteiger partial charge >= 0.3 is 5.97 Å². The molecular formula is C22H20AlCaO13. The monoisotopic (exact) mass is 559 g/mol. The zero-order valence-electron chi connectivity index (χ0n) is 19.1. The first-order chi connectivity index (χ1) is 16.3. The summed E-state index contributed by atoms with van der Waals surface area (Å²) in [5.41, 5.74) is -4.49. The summed E-state index contributed by atoms with van der Waals surface area (Å²) in [6.45, 7) is 0.291. The van der Waals surface area contributed by atoms with E-state index in [1.165, 1.54) is 0 Å². The number of carboxylic acids is 1. The van der Waals surface area contributed by atoms with Gasteiger partial charge in [-0.05, 0) is 18.6 Å². The molecule has 5 atom stereocenters. The molecule has 2 aromatic rings. The molecule has 15 heteroatoms. The third kappa shape index (κ3) is 4.51. The van der Waals surface area contributed by atoms with Crippen molar-refractivity contribution in [1.29, 1.82) is 0 Å². The van der Waals surface area contributed by atoms with Gasteiger partial charge in [0.1, 0.15) is 47.6 Å². The van der Waals surface area contributed by atoms with E-state index >= 15 is 0 Å². The van der Waals surface area contributed by atoms with Gasteiger partial charge in [0.25, 0.3) is 0 Å². The maximum Gasteiger partial charge on any atom is 0.339 e. The normalized spacial score (nSPS) is 24.4. The Bertz CT molecular complexity index is 1310. The Balaban J connectivity index is 0.00000241. The third-order valence-corrected chi connectivity index (χ3v) is 6.33. The van der Waals surface area contributed by atoms with Crippen LogP contribution in [0.25, 0.3) is 0 Å². The number of carbonyl (C=O) groups excluding carboxylic acids is 2. The number of hydrogen-bond acceptors (Lipinski definition) is 12. The Labute approximate surface area is 248 Å². The quantitative estimate of drug-likeness (QED) is 0.0963. The number of carbonyl (C=O) groups is 3. The molecule has 9 N–H and O–H groups in total. The van der Waals surface area contributed by atoms with Crippen LogP contribution >= 0.6 is 0 Å². The van der Waals surface area contributed by atoms with Gasteiger partial charge in [0, 0.05) is 66.2 Å². The minimum atomic E-state index is -2.03. The van der Waals surface area contributed by atoms with Gasteiger partial charge in [0.2, 0.25) is 0 Å². The molecule has 1 aliphatic heterocycles. The predicted octanol–water partition coefficient (Wildman–Crippen LogP) is -1.96. The average Bonchev–Trinajstić information content (AvgIpc) is 2.79. The van der Waals surface area contributed by atoms with E-state index in [1.807, 2.05) is 0 Å². The predicted molar refractivity (Wildman–Crippen MR) is 122 cm³/mol. The molecule has 0 amide bonds. The fraction of sp³-hybridized carbons (Fsp3) is 0.318. The molecule has 0 bridgehead atoms. The fourth-order valence-electron chi connectivity index (χ4n) is 4.58. The van der Waals surface area contributed by atoms with Crippen molar-refractivity contribution in [2.75, 3.05) is 6.61 Å². The Hall–Kier alpha value is -1.96. The Morgan fingerprint density at radius 1 is 0.892 bits per heavy atom. The standard InChI is InChI=1S/C22H20O13.Al.Ca/c1-4-8-5(2-6(24)9(4)22(33)34)13(25)10-11(15(8)27)16(28)12(18(30)17(10)29)21-20(32)19(31)14(26)7(3-23)35-21;;/h2,7,14,19-21,23-24,26,28-32H,3H2,1H3,(H,33,34);;/t7-,14-,19+,20-,21+;;/m1../s1. The van der Waals surface area contributed by atoms with E-state index < -0.39 is 111 Å². The number of hydrogen-bond donors (Lipinski definition) is 9. The van der Waals surface area contributed by atoms with Crippen LogP contribution in [0.2, 0.25) is 0 Å². The number of aromatic hydroxyl groups is 4. The summed E-state index contributed by atoms with van der Waals surface area (Å²) in [7, 11) is 0. The first kappa shape index (κ1) is 31.3. The van der Waals surface area contributed by atoms with Gasteiger partial charge in [0.05, 0.1) is 23.3 Å². The van der Waals surface area contributed by atoms with Crippen LogP contribution < -0.4 is 0 Å². The zero-order valence-corrected chi connectivity index (χ0v) is 22.5. The van der Waals surface area contributed by atoms with Crippen LogP contribution in [0.15, 0.2) is 6.07 Å². The first-order valence-electron chi connectivity index (χ1n) is 10.2. The molecular weight excluding hydrogens is 539 g/mol. The van der Waals surface area contributed by atoms with Crippen LogP contribution in [-0.2, 0) is 4.74 Å². The van der Waals surface area contributed by atoms with Gasteiger partial charge in [-0.2, -0.15) is 0 Å². The SMILES string of the molecule is Cc1c(C(=O)O)c(O)cc2c1C(=O)c1c(O)c([C@@H]3O[C@H](CO)[C@@H](O)[C@H](O)[C@H]3O)c(O)c(O)c1C2=O.[Al].[Ca]. The number of benzene rings is 2. The van der Waals surface area contributed by atoms with E-state index in [0.717, 1.165) is 6.92 Å². The average molecular weight is 559 g/mol. The largest absolute Gasteiger partial charge is 0.507 e. The minimum absolute atomic E-state index is 0. The number of fused-ring (bicyclic) bond motifs is 2. The van der Waals surface area contributed by atoms with Crippen molar-refractivity contribution in [2.45, 2.75) is 37.4 Å². The number of ether oxygens (including phenoxy) is 1. The second-order valence-electron chi connectivity index (χ2n) is 8.24. The van der Waals surface area contributed by atoms with Crippen molar-refractivity contribution in [2.24, 2.45) is 0 Å². The van der Waals surface area contributed by atoms with E-state index in [2.05, 4.69) is 0 Å². The zero-order chi connectivity index (χ0) is 26.1. The smallest absolute Gasteiger partial charge is 0.339 e. The van der Waals surface area contributed by atoms with Gasteiger partial charge in [0.15, 0.2) is 23.1 Å². The molecule has 191 valence electrons. The first-order valence-corrected chi connectivity index (χ1v) is 10.2. The molecule has 2 aromatic carbocycles. The number of aromatic carboxylic acids is 1. The minimum Gasteiger partial charge on any atom is -0.507 e. The second kappa shape index (κ2) is 11.0. The van der Waals surface area contributed by atoms with E-state index in [-0.39, 0.29) is 60.7 Å². The molecule has 1 saturated heterocycles. The van der Waals surface area contributed by atoms with Gasteiger partial charge < -0.3 is 50.7 Å². The van der Waals surface area contributed by atoms with E-state index in [4.69, 9.17) is 4.74 Å². The summed E-state index contributed by atoms with van der Waals surface area (Å²) in [5, 5.41) is 91.5. The van der Waals surface area contributed by atoms with Crippen molar-refractivity contribution in [3.05, 3.63) is 45.0 Å². The number of phenolic OH excluding ortho intramolecular Hbond substituents is 3. The fourth-order valence-corrected chi connectivity index (χ4v) is 4.58. The van der Waals surface area contributed by atoms with E-state index in [0.29, 0.717) is 6.07 Å². The van der Waals surface area contributed by atoms with Crippen molar-refractivity contribution in [3.8, 4) is 23.0 Å². The summed E-state index contributed by atoms with van der Waals surface area (Å²) in [5.74, 6) is -8.24. The number of carboxylic acid groups (broad SMARTS) is 1. The summed E-state index contributed by atoms with van der Waals surface area (Å²) in [6.07, 6.45) is -9.12. The molecule has 37 heavy (non-hydrogen) atoms. The third-order valence-electron chi connectivity index (χ3n) is 6.33. The second-order valence-corrected chi connectivity index (χ2v) is 8.24. The molecule has 2 aliphatic rings. The van der Waals surface area contributed by atoms with Crippen LogP contribution in [0.4, 0.5) is 0 Å². The van der Waals surface area contributed by atoms with Crippen LogP contribution in [0.3, 0.4) is 0 Å². The van der Waals surface area contributed by atoms with Crippen molar-refractivity contribution in [1.82, 2.24) is 0 Å². The van der Waals surface area contributed by atoms with Crippen LogP contribution in [0.5, 0.6) is 23.0 Å². The summed E-state index contributed by atoms with van der Waals surface area (Å²) in [4.78, 5) is 38.1. The summed E-state index contributed by atoms with van der Waals surface area (Å²) >= 11 is 0. The van der Waals surface area contributed by atoms with E-state index in [1.54, 1.807) is 0 Å². The molecule has 0 spiro atoms. The topological polar surface area (TPSA) is 243 Å². The number of phenols is 4. The molecule has 1 aliphatic carbocycles. The Kier molecular flexibility index (Phi) is 9.32. The molecule has 0 saturated carbocycles. The number of rotatable bonds is 3. The molecule has 1 fully saturated rings. The van der Waals surface area contributed by atoms with Crippen molar-refractivity contribution in [3.63, 3.8) is 0 Å². The van der Waals surface area contributed by atoms with Gasteiger partial charge in [-0.25, -0.2) is 4.79 Å². The molecule has 4 rings (SSSR count). The molecule has 0 aromatic heterocycles. The van der Waals surface area contributed by atoms with Gasteiger partial charge in [-0.3, -0.25) is 9.59 Å². The maximum atomic E-state index is 13.4. The summed E-state index contributed by atoms with van der Waals surface area (Å²) in [6, 6.07) is 0.716. The Morgan fingerprint density at radius 2 is 1.46 bits per heavy atom. The Morgan fingerprint density at radius 3 is 2.00 bits per heavy atom. The van der Waals surface area contributed by atoms with E-state index in [9.17, 15) is 60.3 Å². The maximum absolute atomic E-state index is 13.4. The number of aliphatic hydroxyl groups excluding tert-OH is 4. The number of ketones is 2. The number of aliphatic hydroxyl groups is 4. The van der Waals surface area contributed by atoms with Crippen molar-refractivity contribution >= 4 is 72.6 Å². The van der Waals surface area contributed by atoms with Crippen LogP contribution in [0, 0.1) is 6.92 Å². The van der Waals surface area contributed by atoms with Gasteiger partial charge in [-0.15, -0.1) is 0 Å². The summed E-state index contributed by atoms with van der Waals surface area (Å²) < 4.78 is 5.30. The molecule has 5 radical (unpaired) electrons. The molecule has 13 nitrogen and oxygen atoms in total. The van der Waals surface area contributed by atoms with Crippen LogP contribution in [-0.4, -0.2) is 150 Å². The molecule has 0 unspecified atom stereocenters. The van der Waals surface area contributed by atoms with Gasteiger partial charge in [-0.1, -0.05) is 0 Å².